The molecule has 0 saturated carbocycles. The highest BCUT2D eigenvalue weighted by molar-refractivity contribution is 6.30. The van der Waals surface area contributed by atoms with Gasteiger partial charge in [-0.05, 0) is 50.2 Å². The number of nitrogens with one attached hydrogen (secondary N) is 1. The number of aryl methyl sites for hydroxylation is 1. The molecule has 1 N–H and O–H groups in total. The van der Waals surface area contributed by atoms with Crippen LogP contribution in [0.1, 0.15) is 17.0 Å². The topological polar surface area (TPSA) is 73.2 Å². The number of nitrogens with zero attached hydrogens (tertiary/aromatic N) is 2. The number of hydrogen-bond donors (Lipinski definition) is 1. The zero-order chi connectivity index (χ0) is 20.1. The van der Waals surface area contributed by atoms with E-state index in [1.54, 1.807) is 28.9 Å². The lowest BCUT2D eigenvalue weighted by atomic mass is 10.1. The van der Waals surface area contributed by atoms with E-state index in [1.807, 2.05) is 44.2 Å². The average molecular weight is 398 g/mol. The minimum Gasteiger partial charge on any atom is -0.455 e. The van der Waals surface area contributed by atoms with Crippen molar-refractivity contribution in [2.45, 2.75) is 20.3 Å². The van der Waals surface area contributed by atoms with Crippen molar-refractivity contribution in [2.24, 2.45) is 0 Å². The Labute approximate surface area is 168 Å². The number of halogens is 1. The summed E-state index contributed by atoms with van der Waals surface area (Å²) in [6.45, 7) is 3.40. The molecule has 0 spiro atoms. The fourth-order valence-electron chi connectivity index (χ4n) is 2.82. The molecule has 7 heteroatoms. The van der Waals surface area contributed by atoms with Crippen LogP contribution in [0.25, 0.3) is 5.69 Å². The van der Waals surface area contributed by atoms with Crippen molar-refractivity contribution >= 4 is 29.2 Å². The van der Waals surface area contributed by atoms with Crippen LogP contribution >= 0.6 is 11.6 Å². The van der Waals surface area contributed by atoms with Crippen LogP contribution in [0.4, 0.5) is 5.69 Å². The maximum atomic E-state index is 12.2. The van der Waals surface area contributed by atoms with E-state index in [-0.39, 0.29) is 13.0 Å². The predicted octanol–water partition coefficient (Wildman–Crippen LogP) is 3.87. The van der Waals surface area contributed by atoms with Crippen molar-refractivity contribution in [3.63, 3.8) is 0 Å². The highest BCUT2D eigenvalue weighted by Crippen LogP contribution is 2.19. The molecule has 2 aromatic carbocycles. The minimum atomic E-state index is -0.481. The Bertz CT molecular complexity index is 982. The molecule has 0 fully saturated rings. The Balaban J connectivity index is 1.58. The van der Waals surface area contributed by atoms with E-state index in [9.17, 15) is 9.59 Å². The summed E-state index contributed by atoms with van der Waals surface area (Å²) in [6, 6.07) is 16.4. The molecule has 1 amide bonds. The van der Waals surface area contributed by atoms with E-state index in [2.05, 4.69) is 10.4 Å². The first kappa shape index (κ1) is 19.6. The molecule has 144 valence electrons. The number of anilines is 1. The number of ether oxygens (including phenoxy) is 1. The van der Waals surface area contributed by atoms with Crippen LogP contribution < -0.4 is 5.32 Å². The maximum Gasteiger partial charge on any atom is 0.310 e. The summed E-state index contributed by atoms with van der Waals surface area (Å²) in [4.78, 5) is 24.1. The summed E-state index contributed by atoms with van der Waals surface area (Å²) in [5, 5.41) is 7.73. The number of rotatable bonds is 6. The quantitative estimate of drug-likeness (QED) is 0.641. The molecule has 0 aliphatic rings. The van der Waals surface area contributed by atoms with E-state index in [0.717, 1.165) is 22.6 Å². The molecule has 28 heavy (non-hydrogen) atoms. The van der Waals surface area contributed by atoms with Crippen LogP contribution in [0.2, 0.25) is 5.02 Å². The minimum absolute atomic E-state index is 0.0543. The molecule has 0 bridgehead atoms. The van der Waals surface area contributed by atoms with Crippen molar-refractivity contribution in [2.75, 3.05) is 11.9 Å². The van der Waals surface area contributed by atoms with Crippen LogP contribution in [0, 0.1) is 13.8 Å². The molecule has 0 radical (unpaired) electrons. The van der Waals surface area contributed by atoms with Crippen LogP contribution in [-0.2, 0) is 20.7 Å². The number of carbonyl (C=O) groups is 2. The van der Waals surface area contributed by atoms with Gasteiger partial charge in [0.1, 0.15) is 0 Å². The Kier molecular flexibility index (Phi) is 6.11. The first-order chi connectivity index (χ1) is 13.4. The van der Waals surface area contributed by atoms with Crippen LogP contribution in [0.3, 0.4) is 0 Å². The molecule has 3 rings (SSSR count). The Morgan fingerprint density at radius 2 is 1.75 bits per heavy atom. The molecule has 0 unspecified atom stereocenters. The van der Waals surface area contributed by atoms with Gasteiger partial charge >= 0.3 is 5.97 Å². The third-order valence-corrected chi connectivity index (χ3v) is 4.51. The zero-order valence-electron chi connectivity index (χ0n) is 15.6. The van der Waals surface area contributed by atoms with Crippen molar-refractivity contribution in [3.05, 3.63) is 76.6 Å². The van der Waals surface area contributed by atoms with Crippen molar-refractivity contribution in [1.82, 2.24) is 9.78 Å². The fraction of sp³-hybridized carbons (Fsp3) is 0.190. The molecule has 1 heterocycles. The summed E-state index contributed by atoms with van der Waals surface area (Å²) < 4.78 is 6.91. The lowest BCUT2D eigenvalue weighted by molar-refractivity contribution is -0.146. The van der Waals surface area contributed by atoms with Gasteiger partial charge in [0.2, 0.25) is 0 Å². The van der Waals surface area contributed by atoms with Crippen molar-refractivity contribution in [1.29, 1.82) is 0 Å². The molecular formula is C21H20ClN3O3. The van der Waals surface area contributed by atoms with Gasteiger partial charge in [-0.25, -0.2) is 4.68 Å². The highest BCUT2D eigenvalue weighted by Gasteiger charge is 2.17. The van der Waals surface area contributed by atoms with Crippen LogP contribution in [0.15, 0.2) is 54.6 Å². The Morgan fingerprint density at radius 1 is 1.07 bits per heavy atom. The zero-order valence-corrected chi connectivity index (χ0v) is 16.4. The van der Waals surface area contributed by atoms with Crippen molar-refractivity contribution < 1.29 is 14.3 Å². The van der Waals surface area contributed by atoms with Gasteiger partial charge in [-0.15, -0.1) is 0 Å². The molecule has 0 aliphatic carbocycles. The summed E-state index contributed by atoms with van der Waals surface area (Å²) in [7, 11) is 0. The van der Waals surface area contributed by atoms with Gasteiger partial charge < -0.3 is 10.1 Å². The summed E-state index contributed by atoms with van der Waals surface area (Å²) in [6.07, 6.45) is 0.0543. The van der Waals surface area contributed by atoms with Gasteiger partial charge in [0.05, 0.1) is 17.8 Å². The van der Waals surface area contributed by atoms with Gasteiger partial charge in [-0.2, -0.15) is 5.10 Å². The molecular weight excluding hydrogens is 378 g/mol. The monoisotopic (exact) mass is 397 g/mol. The molecule has 6 nitrogen and oxygen atoms in total. The number of esters is 1. The molecule has 0 aliphatic heterocycles. The SMILES string of the molecule is Cc1nn(-c2ccccc2)c(C)c1CC(=O)OCC(=O)Nc1ccc(Cl)cc1. The van der Waals surface area contributed by atoms with Gasteiger partial charge in [0.15, 0.2) is 6.61 Å². The predicted molar refractivity (Wildman–Crippen MR) is 108 cm³/mol. The van der Waals surface area contributed by atoms with Gasteiger partial charge in [0, 0.05) is 22.0 Å². The summed E-state index contributed by atoms with van der Waals surface area (Å²) in [5.74, 6) is -0.894. The van der Waals surface area contributed by atoms with Crippen LogP contribution in [0.5, 0.6) is 0 Å². The van der Waals surface area contributed by atoms with E-state index in [4.69, 9.17) is 16.3 Å². The number of carbonyl (C=O) groups excluding carboxylic acids is 2. The molecule has 0 atom stereocenters. The number of para-hydroxylation sites is 1. The smallest absolute Gasteiger partial charge is 0.310 e. The highest BCUT2D eigenvalue weighted by atomic mass is 35.5. The third-order valence-electron chi connectivity index (χ3n) is 4.26. The van der Waals surface area contributed by atoms with Gasteiger partial charge in [-0.1, -0.05) is 29.8 Å². The molecule has 3 aromatic rings. The maximum absolute atomic E-state index is 12.2. The average Bonchev–Trinajstić information content (AvgIpc) is 2.97. The van der Waals surface area contributed by atoms with Crippen molar-refractivity contribution in [3.8, 4) is 5.69 Å². The van der Waals surface area contributed by atoms with Crippen LogP contribution in [-0.4, -0.2) is 28.3 Å². The first-order valence-corrected chi connectivity index (χ1v) is 9.13. The van der Waals surface area contributed by atoms with E-state index < -0.39 is 11.9 Å². The van der Waals surface area contributed by atoms with E-state index in [0.29, 0.717) is 10.7 Å². The lowest BCUT2D eigenvalue weighted by Crippen LogP contribution is -2.21. The summed E-state index contributed by atoms with van der Waals surface area (Å²) in [5.41, 5.74) is 3.92. The number of benzene rings is 2. The van der Waals surface area contributed by atoms with E-state index >= 15 is 0 Å². The molecule has 0 saturated heterocycles. The number of amides is 1. The van der Waals surface area contributed by atoms with Gasteiger partial charge in [-0.3, -0.25) is 9.59 Å². The third kappa shape index (κ3) is 4.78. The second kappa shape index (κ2) is 8.71. The van der Waals surface area contributed by atoms with Gasteiger partial charge in [0.25, 0.3) is 5.91 Å². The number of hydrogen-bond acceptors (Lipinski definition) is 4. The second-order valence-electron chi connectivity index (χ2n) is 6.29. The first-order valence-electron chi connectivity index (χ1n) is 8.75. The number of aromatic nitrogens is 2. The standard InChI is InChI=1S/C21H20ClN3O3/c1-14-19(15(2)25(24-14)18-6-4-3-5-7-18)12-21(27)28-13-20(26)23-17-10-8-16(22)9-11-17/h3-11H,12-13H2,1-2H3,(H,23,26). The normalized spacial score (nSPS) is 10.5. The summed E-state index contributed by atoms with van der Waals surface area (Å²) >= 11 is 5.81. The Hall–Kier alpha value is -3.12. The van der Waals surface area contributed by atoms with E-state index in [1.165, 1.54) is 0 Å². The largest absolute Gasteiger partial charge is 0.455 e. The second-order valence-corrected chi connectivity index (χ2v) is 6.73. The fourth-order valence-corrected chi connectivity index (χ4v) is 2.95. The lowest BCUT2D eigenvalue weighted by Gasteiger charge is -2.07. The Morgan fingerprint density at radius 3 is 2.43 bits per heavy atom. The molecule has 1 aromatic heterocycles.